The van der Waals surface area contributed by atoms with Crippen LogP contribution in [-0.2, 0) is 11.2 Å². The second-order valence-corrected chi connectivity index (χ2v) is 5.27. The number of rotatable bonds is 6. The summed E-state index contributed by atoms with van der Waals surface area (Å²) in [6, 6.07) is 6.61. The van der Waals surface area contributed by atoms with Gasteiger partial charge < -0.3 is 10.1 Å². The van der Waals surface area contributed by atoms with Crippen LogP contribution < -0.4 is 5.32 Å². The highest BCUT2D eigenvalue weighted by Crippen LogP contribution is 2.32. The SMILES string of the molecule is FC(F)COCCNC1CCc2cc(Br)ccc21. The molecular formula is C13H16BrF2NO. The number of benzene rings is 1. The quantitative estimate of drug-likeness (QED) is 0.812. The molecule has 1 aliphatic carbocycles. The highest BCUT2D eigenvalue weighted by atomic mass is 79.9. The first-order valence-electron chi connectivity index (χ1n) is 6.04. The Balaban J connectivity index is 1.76. The first kappa shape index (κ1) is 13.9. The molecule has 2 rings (SSSR count). The van der Waals surface area contributed by atoms with Crippen LogP contribution in [0.2, 0.25) is 0 Å². The van der Waals surface area contributed by atoms with E-state index < -0.39 is 13.0 Å². The molecule has 18 heavy (non-hydrogen) atoms. The number of nitrogens with one attached hydrogen (secondary N) is 1. The first-order valence-corrected chi connectivity index (χ1v) is 6.83. The summed E-state index contributed by atoms with van der Waals surface area (Å²) in [5.74, 6) is 0. The molecule has 1 aliphatic rings. The molecule has 0 radical (unpaired) electrons. The lowest BCUT2D eigenvalue weighted by Crippen LogP contribution is -2.24. The van der Waals surface area contributed by atoms with Crippen LogP contribution in [0.4, 0.5) is 8.78 Å². The van der Waals surface area contributed by atoms with E-state index in [1.54, 1.807) is 0 Å². The molecule has 0 bridgehead atoms. The Morgan fingerprint density at radius 1 is 1.44 bits per heavy atom. The van der Waals surface area contributed by atoms with Gasteiger partial charge in [0, 0.05) is 17.1 Å². The van der Waals surface area contributed by atoms with Gasteiger partial charge in [-0.1, -0.05) is 22.0 Å². The van der Waals surface area contributed by atoms with E-state index in [9.17, 15) is 8.78 Å². The summed E-state index contributed by atoms with van der Waals surface area (Å²) in [5.41, 5.74) is 2.67. The van der Waals surface area contributed by atoms with E-state index in [0.717, 1.165) is 17.3 Å². The molecular weight excluding hydrogens is 304 g/mol. The van der Waals surface area contributed by atoms with Crippen LogP contribution in [0.3, 0.4) is 0 Å². The summed E-state index contributed by atoms with van der Waals surface area (Å²) in [6.45, 7) is 0.454. The van der Waals surface area contributed by atoms with E-state index in [1.807, 2.05) is 6.07 Å². The van der Waals surface area contributed by atoms with E-state index in [-0.39, 0.29) is 0 Å². The second-order valence-electron chi connectivity index (χ2n) is 4.35. The third-order valence-corrected chi connectivity index (χ3v) is 3.56. The minimum atomic E-state index is -2.38. The van der Waals surface area contributed by atoms with Crippen molar-refractivity contribution < 1.29 is 13.5 Å². The van der Waals surface area contributed by atoms with Gasteiger partial charge in [-0.15, -0.1) is 0 Å². The molecule has 0 spiro atoms. The molecule has 1 aromatic carbocycles. The summed E-state index contributed by atoms with van der Waals surface area (Å²) in [5, 5.41) is 3.35. The summed E-state index contributed by atoms with van der Waals surface area (Å²) in [7, 11) is 0. The molecule has 1 N–H and O–H groups in total. The number of alkyl halides is 2. The molecule has 1 atom stereocenters. The molecule has 2 nitrogen and oxygen atoms in total. The van der Waals surface area contributed by atoms with Crippen LogP contribution >= 0.6 is 15.9 Å². The number of aryl methyl sites for hydroxylation is 1. The van der Waals surface area contributed by atoms with Crippen molar-refractivity contribution in [2.75, 3.05) is 19.8 Å². The zero-order chi connectivity index (χ0) is 13.0. The van der Waals surface area contributed by atoms with E-state index >= 15 is 0 Å². The summed E-state index contributed by atoms with van der Waals surface area (Å²) >= 11 is 3.46. The van der Waals surface area contributed by atoms with Crippen molar-refractivity contribution in [1.82, 2.24) is 5.32 Å². The van der Waals surface area contributed by atoms with Gasteiger partial charge in [0.1, 0.15) is 6.61 Å². The Bertz CT molecular complexity index is 401. The Morgan fingerprint density at radius 3 is 3.06 bits per heavy atom. The molecule has 0 aromatic heterocycles. The molecule has 0 saturated heterocycles. The van der Waals surface area contributed by atoms with Crippen molar-refractivity contribution in [2.24, 2.45) is 0 Å². The van der Waals surface area contributed by atoms with Gasteiger partial charge >= 0.3 is 0 Å². The van der Waals surface area contributed by atoms with Gasteiger partial charge in [0.15, 0.2) is 0 Å². The van der Waals surface area contributed by atoms with E-state index in [4.69, 9.17) is 4.74 Å². The van der Waals surface area contributed by atoms with Crippen molar-refractivity contribution in [3.05, 3.63) is 33.8 Å². The molecule has 0 saturated carbocycles. The van der Waals surface area contributed by atoms with E-state index in [1.165, 1.54) is 11.1 Å². The molecule has 0 aliphatic heterocycles. The summed E-state index contributed by atoms with van der Waals surface area (Å²) < 4.78 is 29.6. The van der Waals surface area contributed by atoms with Gasteiger partial charge in [0.05, 0.1) is 6.61 Å². The van der Waals surface area contributed by atoms with Crippen molar-refractivity contribution >= 4 is 15.9 Å². The molecule has 0 heterocycles. The van der Waals surface area contributed by atoms with Crippen molar-refractivity contribution in [1.29, 1.82) is 0 Å². The van der Waals surface area contributed by atoms with Gasteiger partial charge in [0.2, 0.25) is 0 Å². The van der Waals surface area contributed by atoms with Crippen molar-refractivity contribution in [3.63, 3.8) is 0 Å². The van der Waals surface area contributed by atoms with Crippen LogP contribution in [0.5, 0.6) is 0 Å². The monoisotopic (exact) mass is 319 g/mol. The van der Waals surface area contributed by atoms with Crippen LogP contribution in [0, 0.1) is 0 Å². The highest BCUT2D eigenvalue weighted by molar-refractivity contribution is 9.10. The predicted molar refractivity (Wildman–Crippen MR) is 70.0 cm³/mol. The molecule has 1 aromatic rings. The van der Waals surface area contributed by atoms with Gasteiger partial charge in [-0.3, -0.25) is 0 Å². The number of hydrogen-bond acceptors (Lipinski definition) is 2. The fourth-order valence-electron chi connectivity index (χ4n) is 2.28. The molecule has 0 fully saturated rings. The Morgan fingerprint density at radius 2 is 2.28 bits per heavy atom. The van der Waals surface area contributed by atoms with Gasteiger partial charge in [0.25, 0.3) is 6.43 Å². The van der Waals surface area contributed by atoms with Crippen molar-refractivity contribution in [2.45, 2.75) is 25.3 Å². The largest absolute Gasteiger partial charge is 0.374 e. The third kappa shape index (κ3) is 3.73. The van der Waals surface area contributed by atoms with E-state index in [2.05, 4.69) is 33.4 Å². The Hall–Kier alpha value is -0.520. The van der Waals surface area contributed by atoms with Crippen LogP contribution in [0.25, 0.3) is 0 Å². The number of halogens is 3. The molecule has 100 valence electrons. The second kappa shape index (κ2) is 6.59. The number of fused-ring (bicyclic) bond motifs is 1. The zero-order valence-electron chi connectivity index (χ0n) is 9.96. The minimum Gasteiger partial charge on any atom is -0.374 e. The summed E-state index contributed by atoms with van der Waals surface area (Å²) in [6.07, 6.45) is -0.264. The standard InChI is InChI=1S/C13H16BrF2NO/c14-10-2-3-11-9(7-10)1-4-12(11)17-5-6-18-8-13(15)16/h2-3,7,12-13,17H,1,4-6,8H2. The van der Waals surface area contributed by atoms with E-state index in [0.29, 0.717) is 19.2 Å². The Kier molecular flexibility index (Phi) is 5.09. The minimum absolute atomic E-state index is 0.322. The average molecular weight is 320 g/mol. The molecule has 5 heteroatoms. The van der Waals surface area contributed by atoms with Crippen molar-refractivity contribution in [3.8, 4) is 0 Å². The zero-order valence-corrected chi connectivity index (χ0v) is 11.6. The topological polar surface area (TPSA) is 21.3 Å². The normalized spacial score (nSPS) is 18.3. The Labute approximate surface area is 114 Å². The predicted octanol–water partition coefficient (Wildman–Crippen LogP) is 3.31. The van der Waals surface area contributed by atoms with Crippen LogP contribution in [-0.4, -0.2) is 26.2 Å². The van der Waals surface area contributed by atoms with Crippen LogP contribution in [0.1, 0.15) is 23.6 Å². The summed E-state index contributed by atoms with van der Waals surface area (Å²) in [4.78, 5) is 0. The smallest absolute Gasteiger partial charge is 0.261 e. The maximum absolute atomic E-state index is 11.8. The molecule has 0 amide bonds. The third-order valence-electron chi connectivity index (χ3n) is 3.06. The van der Waals surface area contributed by atoms with Gasteiger partial charge in [-0.05, 0) is 36.1 Å². The lowest BCUT2D eigenvalue weighted by atomic mass is 10.1. The van der Waals surface area contributed by atoms with Crippen LogP contribution in [0.15, 0.2) is 22.7 Å². The lowest BCUT2D eigenvalue weighted by Gasteiger charge is -2.14. The maximum Gasteiger partial charge on any atom is 0.261 e. The molecule has 1 unspecified atom stereocenters. The maximum atomic E-state index is 11.8. The number of hydrogen-bond donors (Lipinski definition) is 1. The fourth-order valence-corrected chi connectivity index (χ4v) is 2.68. The highest BCUT2D eigenvalue weighted by Gasteiger charge is 2.21. The van der Waals surface area contributed by atoms with Gasteiger partial charge in [-0.25, -0.2) is 8.78 Å². The fraction of sp³-hybridized carbons (Fsp3) is 0.538. The number of ether oxygens (including phenoxy) is 1. The average Bonchev–Trinajstić information content (AvgIpc) is 2.70. The first-order chi connectivity index (χ1) is 8.66. The lowest BCUT2D eigenvalue weighted by molar-refractivity contribution is 0.0182. The van der Waals surface area contributed by atoms with Gasteiger partial charge in [-0.2, -0.15) is 0 Å².